The highest BCUT2D eigenvalue weighted by Crippen LogP contribution is 2.18. The first-order chi connectivity index (χ1) is 10.4. The highest BCUT2D eigenvalue weighted by Gasteiger charge is 2.19. The van der Waals surface area contributed by atoms with Crippen LogP contribution in [0.3, 0.4) is 0 Å². The number of benzene rings is 1. The molecule has 1 amide bonds. The summed E-state index contributed by atoms with van der Waals surface area (Å²) >= 11 is 0. The smallest absolute Gasteiger partial charge is 0.241 e. The van der Waals surface area contributed by atoms with E-state index in [-0.39, 0.29) is 23.4 Å². The molecule has 2 rings (SSSR count). The monoisotopic (exact) mass is 324 g/mol. The maximum atomic E-state index is 12.2. The Bertz CT molecular complexity index is 603. The van der Waals surface area contributed by atoms with Gasteiger partial charge in [0, 0.05) is 6.04 Å². The molecule has 1 saturated carbocycles. The molecule has 0 unspecified atom stereocenters. The number of hydrogen-bond donors (Lipinski definition) is 2. The van der Waals surface area contributed by atoms with Crippen LogP contribution in [-0.4, -0.2) is 26.9 Å². The standard InChI is InChI=1S/C16H24N2O3S/c1-12(2)13-7-9-15(10-8-13)22(20,21)17-11-16(19)18-14-5-3-4-6-14/h7-10,12,14,17H,3-6,11H2,1-2H3,(H,18,19). The van der Waals surface area contributed by atoms with Crippen molar-refractivity contribution in [3.8, 4) is 0 Å². The van der Waals surface area contributed by atoms with Crippen LogP contribution < -0.4 is 10.0 Å². The second-order valence-corrected chi connectivity index (χ2v) is 7.86. The summed E-state index contributed by atoms with van der Waals surface area (Å²) in [6.07, 6.45) is 4.21. The molecule has 2 N–H and O–H groups in total. The van der Waals surface area contributed by atoms with E-state index in [1.807, 2.05) is 0 Å². The average Bonchev–Trinajstić information content (AvgIpc) is 2.98. The van der Waals surface area contributed by atoms with E-state index in [0.717, 1.165) is 31.2 Å². The molecule has 122 valence electrons. The van der Waals surface area contributed by atoms with Gasteiger partial charge in [-0.1, -0.05) is 38.8 Å². The topological polar surface area (TPSA) is 75.3 Å². The van der Waals surface area contributed by atoms with E-state index in [1.165, 1.54) is 0 Å². The summed E-state index contributed by atoms with van der Waals surface area (Å²) in [7, 11) is -3.64. The van der Waals surface area contributed by atoms with Crippen molar-refractivity contribution >= 4 is 15.9 Å². The minimum atomic E-state index is -3.64. The fourth-order valence-electron chi connectivity index (χ4n) is 2.62. The fourth-order valence-corrected chi connectivity index (χ4v) is 3.61. The second-order valence-electron chi connectivity index (χ2n) is 6.10. The summed E-state index contributed by atoms with van der Waals surface area (Å²) in [5.41, 5.74) is 1.08. The van der Waals surface area contributed by atoms with Crippen molar-refractivity contribution in [2.75, 3.05) is 6.54 Å². The molecule has 6 heteroatoms. The summed E-state index contributed by atoms with van der Waals surface area (Å²) in [5.74, 6) is 0.0798. The van der Waals surface area contributed by atoms with Crippen molar-refractivity contribution in [2.24, 2.45) is 0 Å². The quantitative estimate of drug-likeness (QED) is 0.842. The Balaban J connectivity index is 1.91. The molecule has 22 heavy (non-hydrogen) atoms. The number of carbonyl (C=O) groups is 1. The minimum Gasteiger partial charge on any atom is -0.352 e. The highest BCUT2D eigenvalue weighted by molar-refractivity contribution is 7.89. The van der Waals surface area contributed by atoms with Gasteiger partial charge in [0.25, 0.3) is 0 Å². The maximum absolute atomic E-state index is 12.2. The van der Waals surface area contributed by atoms with Gasteiger partial charge in [-0.15, -0.1) is 0 Å². The SMILES string of the molecule is CC(C)c1ccc(S(=O)(=O)NCC(=O)NC2CCCC2)cc1. The van der Waals surface area contributed by atoms with Crippen molar-refractivity contribution in [3.05, 3.63) is 29.8 Å². The van der Waals surface area contributed by atoms with Crippen LogP contribution in [0.5, 0.6) is 0 Å². The molecule has 5 nitrogen and oxygen atoms in total. The normalized spacial score (nSPS) is 16.1. The molecule has 1 aromatic carbocycles. The Morgan fingerprint density at radius 3 is 2.32 bits per heavy atom. The lowest BCUT2D eigenvalue weighted by atomic mass is 10.0. The first-order valence-electron chi connectivity index (χ1n) is 7.77. The molecule has 0 atom stereocenters. The first kappa shape index (κ1) is 17.0. The largest absolute Gasteiger partial charge is 0.352 e. The third kappa shape index (κ3) is 4.55. The number of rotatable bonds is 6. The lowest BCUT2D eigenvalue weighted by Crippen LogP contribution is -2.40. The zero-order valence-corrected chi connectivity index (χ0v) is 13.9. The van der Waals surface area contributed by atoms with E-state index in [0.29, 0.717) is 5.92 Å². The zero-order valence-electron chi connectivity index (χ0n) is 13.1. The number of nitrogens with one attached hydrogen (secondary N) is 2. The molecule has 0 saturated heterocycles. The molecular weight excluding hydrogens is 300 g/mol. The van der Waals surface area contributed by atoms with Crippen LogP contribution in [0.25, 0.3) is 0 Å². The fraction of sp³-hybridized carbons (Fsp3) is 0.562. The van der Waals surface area contributed by atoms with E-state index < -0.39 is 10.0 Å². The summed E-state index contributed by atoms with van der Waals surface area (Å²) in [4.78, 5) is 12.0. The van der Waals surface area contributed by atoms with Gasteiger partial charge in [0.1, 0.15) is 0 Å². The predicted octanol–water partition coefficient (Wildman–Crippen LogP) is 2.15. The van der Waals surface area contributed by atoms with Gasteiger partial charge in [-0.05, 0) is 36.5 Å². The Morgan fingerprint density at radius 1 is 1.18 bits per heavy atom. The molecule has 0 aromatic heterocycles. The van der Waals surface area contributed by atoms with Crippen molar-refractivity contribution in [2.45, 2.75) is 56.4 Å². The van der Waals surface area contributed by atoms with Gasteiger partial charge in [0.05, 0.1) is 11.4 Å². The maximum Gasteiger partial charge on any atom is 0.241 e. The van der Waals surface area contributed by atoms with Gasteiger partial charge in [0.2, 0.25) is 15.9 Å². The van der Waals surface area contributed by atoms with Gasteiger partial charge in [-0.2, -0.15) is 0 Å². The lowest BCUT2D eigenvalue weighted by molar-refractivity contribution is -0.120. The van der Waals surface area contributed by atoms with E-state index in [1.54, 1.807) is 24.3 Å². The van der Waals surface area contributed by atoms with Gasteiger partial charge in [0.15, 0.2) is 0 Å². The Morgan fingerprint density at radius 2 is 1.77 bits per heavy atom. The Labute approximate surface area is 132 Å². The Hall–Kier alpha value is -1.40. The highest BCUT2D eigenvalue weighted by atomic mass is 32.2. The van der Waals surface area contributed by atoms with Crippen LogP contribution in [-0.2, 0) is 14.8 Å². The summed E-state index contributed by atoms with van der Waals surface area (Å²) in [5, 5.41) is 2.86. The third-order valence-electron chi connectivity index (χ3n) is 4.00. The van der Waals surface area contributed by atoms with E-state index in [4.69, 9.17) is 0 Å². The summed E-state index contributed by atoms with van der Waals surface area (Å²) in [6.45, 7) is 3.88. The molecule has 1 fully saturated rings. The van der Waals surface area contributed by atoms with Gasteiger partial charge in [-0.3, -0.25) is 4.79 Å². The van der Waals surface area contributed by atoms with Gasteiger partial charge in [-0.25, -0.2) is 13.1 Å². The summed E-state index contributed by atoms with van der Waals surface area (Å²) in [6, 6.07) is 6.96. The van der Waals surface area contributed by atoms with Crippen LogP contribution in [0.4, 0.5) is 0 Å². The zero-order chi connectivity index (χ0) is 16.2. The van der Waals surface area contributed by atoms with E-state index in [2.05, 4.69) is 23.9 Å². The molecule has 1 aliphatic carbocycles. The molecule has 1 aromatic rings. The summed E-state index contributed by atoms with van der Waals surface area (Å²) < 4.78 is 26.7. The minimum absolute atomic E-state index is 0.186. The number of sulfonamides is 1. The van der Waals surface area contributed by atoms with Crippen LogP contribution in [0.2, 0.25) is 0 Å². The molecular formula is C16H24N2O3S. The van der Waals surface area contributed by atoms with E-state index >= 15 is 0 Å². The first-order valence-corrected chi connectivity index (χ1v) is 9.26. The van der Waals surface area contributed by atoms with Crippen LogP contribution in [0.1, 0.15) is 51.0 Å². The molecule has 0 radical (unpaired) electrons. The van der Waals surface area contributed by atoms with Gasteiger partial charge < -0.3 is 5.32 Å². The number of amides is 1. The van der Waals surface area contributed by atoms with Crippen LogP contribution >= 0.6 is 0 Å². The van der Waals surface area contributed by atoms with Crippen molar-refractivity contribution < 1.29 is 13.2 Å². The predicted molar refractivity (Wildman–Crippen MR) is 86.1 cm³/mol. The second kappa shape index (κ2) is 7.24. The van der Waals surface area contributed by atoms with Crippen LogP contribution in [0, 0.1) is 0 Å². The van der Waals surface area contributed by atoms with E-state index in [9.17, 15) is 13.2 Å². The van der Waals surface area contributed by atoms with Crippen molar-refractivity contribution in [1.29, 1.82) is 0 Å². The van der Waals surface area contributed by atoms with Crippen LogP contribution in [0.15, 0.2) is 29.2 Å². The lowest BCUT2D eigenvalue weighted by Gasteiger charge is -2.13. The molecule has 0 aliphatic heterocycles. The molecule has 1 aliphatic rings. The average molecular weight is 324 g/mol. The van der Waals surface area contributed by atoms with Crippen molar-refractivity contribution in [3.63, 3.8) is 0 Å². The number of carbonyl (C=O) groups excluding carboxylic acids is 1. The third-order valence-corrected chi connectivity index (χ3v) is 5.42. The molecule has 0 spiro atoms. The number of hydrogen-bond acceptors (Lipinski definition) is 3. The van der Waals surface area contributed by atoms with Crippen molar-refractivity contribution in [1.82, 2.24) is 10.0 Å². The molecule has 0 bridgehead atoms. The Kier molecular flexibility index (Phi) is 5.58. The molecule has 0 heterocycles. The van der Waals surface area contributed by atoms with Gasteiger partial charge >= 0.3 is 0 Å².